The molecule has 0 aromatic carbocycles. The van der Waals surface area contributed by atoms with Gasteiger partial charge in [0.05, 0.1) is 10.2 Å². The number of nitrogens with one attached hydrogen (secondary N) is 1. The van der Waals surface area contributed by atoms with E-state index in [-0.39, 0.29) is 11.9 Å². The van der Waals surface area contributed by atoms with Gasteiger partial charge >= 0.3 is 0 Å². The van der Waals surface area contributed by atoms with Gasteiger partial charge in [-0.3, -0.25) is 4.79 Å². The fourth-order valence-electron chi connectivity index (χ4n) is 1.76. The monoisotopic (exact) mass is 322 g/mol. The molecule has 6 heteroatoms. The number of nitrogens with zero attached hydrogens (tertiary/aromatic N) is 2. The molecular formula is C13H15BrN4O. The highest BCUT2D eigenvalue weighted by Gasteiger charge is 2.16. The van der Waals surface area contributed by atoms with Crippen LogP contribution in [0.25, 0.3) is 0 Å². The van der Waals surface area contributed by atoms with E-state index in [0.29, 0.717) is 17.2 Å². The maximum absolute atomic E-state index is 12.3. The molecule has 0 aliphatic carbocycles. The molecular weight excluding hydrogens is 308 g/mol. The van der Waals surface area contributed by atoms with Gasteiger partial charge in [0.15, 0.2) is 0 Å². The quantitative estimate of drug-likeness (QED) is 0.912. The highest BCUT2D eigenvalue weighted by molar-refractivity contribution is 9.10. The Morgan fingerprint density at radius 2 is 2.26 bits per heavy atom. The third-order valence-electron chi connectivity index (χ3n) is 2.65. The summed E-state index contributed by atoms with van der Waals surface area (Å²) in [6, 6.07) is 5.42. The van der Waals surface area contributed by atoms with Gasteiger partial charge in [-0.05, 0) is 48.0 Å². The summed E-state index contributed by atoms with van der Waals surface area (Å²) in [5, 5.41) is 2.76. The minimum atomic E-state index is -0.232. The van der Waals surface area contributed by atoms with Crippen LogP contribution >= 0.6 is 15.9 Å². The molecule has 19 heavy (non-hydrogen) atoms. The number of halogens is 1. The number of rotatable bonds is 3. The van der Waals surface area contributed by atoms with Crippen LogP contribution in [0.5, 0.6) is 0 Å². The van der Waals surface area contributed by atoms with Crippen LogP contribution in [-0.2, 0) is 0 Å². The van der Waals surface area contributed by atoms with Gasteiger partial charge < -0.3 is 15.6 Å². The van der Waals surface area contributed by atoms with E-state index in [2.05, 4.69) is 26.2 Å². The first-order chi connectivity index (χ1) is 8.99. The van der Waals surface area contributed by atoms with E-state index >= 15 is 0 Å². The van der Waals surface area contributed by atoms with Gasteiger partial charge in [0, 0.05) is 18.4 Å². The number of hydrogen-bond donors (Lipinski definition) is 2. The number of carbonyl (C=O) groups excluding carboxylic acids is 1. The lowest BCUT2D eigenvalue weighted by molar-refractivity contribution is 0.101. The molecule has 1 amide bonds. The zero-order valence-corrected chi connectivity index (χ0v) is 12.3. The SMILES string of the molecule is CC(C)n1cc(N)cc1C(=O)Nc1ncccc1Br. The molecule has 100 valence electrons. The number of hydrogen-bond acceptors (Lipinski definition) is 3. The van der Waals surface area contributed by atoms with Gasteiger partial charge in [-0.2, -0.15) is 0 Å². The highest BCUT2D eigenvalue weighted by atomic mass is 79.9. The number of carbonyl (C=O) groups is 1. The van der Waals surface area contributed by atoms with Crippen molar-refractivity contribution in [2.45, 2.75) is 19.9 Å². The Labute approximate surface area is 120 Å². The molecule has 2 aromatic heterocycles. The molecule has 0 bridgehead atoms. The zero-order valence-electron chi connectivity index (χ0n) is 10.7. The van der Waals surface area contributed by atoms with Gasteiger partial charge in [-0.1, -0.05) is 0 Å². The van der Waals surface area contributed by atoms with Crippen LogP contribution in [0.1, 0.15) is 30.4 Å². The summed E-state index contributed by atoms with van der Waals surface area (Å²) < 4.78 is 2.57. The minimum Gasteiger partial charge on any atom is -0.397 e. The van der Waals surface area contributed by atoms with Crippen LogP contribution in [0.4, 0.5) is 11.5 Å². The van der Waals surface area contributed by atoms with Crippen molar-refractivity contribution < 1.29 is 4.79 Å². The number of nitrogens with two attached hydrogens (primary N) is 1. The second-order valence-electron chi connectivity index (χ2n) is 4.45. The molecule has 0 fully saturated rings. The Morgan fingerprint density at radius 3 is 2.89 bits per heavy atom. The van der Waals surface area contributed by atoms with E-state index in [1.165, 1.54) is 0 Å². The largest absolute Gasteiger partial charge is 0.397 e. The number of nitrogen functional groups attached to an aromatic ring is 1. The van der Waals surface area contributed by atoms with Crippen molar-refractivity contribution in [2.75, 3.05) is 11.1 Å². The van der Waals surface area contributed by atoms with Crippen LogP contribution in [0, 0.1) is 0 Å². The Hall–Kier alpha value is -1.82. The van der Waals surface area contributed by atoms with Crippen molar-refractivity contribution in [1.29, 1.82) is 0 Å². The fourth-order valence-corrected chi connectivity index (χ4v) is 2.11. The molecule has 0 spiro atoms. The van der Waals surface area contributed by atoms with Crippen LogP contribution in [0.3, 0.4) is 0 Å². The van der Waals surface area contributed by atoms with Crippen molar-refractivity contribution in [3.63, 3.8) is 0 Å². The number of amides is 1. The van der Waals surface area contributed by atoms with Crippen molar-refractivity contribution in [2.24, 2.45) is 0 Å². The van der Waals surface area contributed by atoms with Gasteiger partial charge in [0.2, 0.25) is 0 Å². The van der Waals surface area contributed by atoms with Crippen molar-refractivity contribution in [3.05, 3.63) is 40.8 Å². The predicted molar refractivity (Wildman–Crippen MR) is 79.1 cm³/mol. The van der Waals surface area contributed by atoms with E-state index in [0.717, 1.165) is 4.47 Å². The lowest BCUT2D eigenvalue weighted by Crippen LogP contribution is -2.18. The number of aromatic nitrogens is 2. The van der Waals surface area contributed by atoms with Gasteiger partial charge in [0.25, 0.3) is 5.91 Å². The summed E-state index contributed by atoms with van der Waals surface area (Å²) in [4.78, 5) is 16.4. The maximum atomic E-state index is 12.3. The lowest BCUT2D eigenvalue weighted by atomic mass is 10.3. The molecule has 2 aromatic rings. The summed E-state index contributed by atoms with van der Waals surface area (Å²) in [6.07, 6.45) is 3.38. The molecule has 3 N–H and O–H groups in total. The Morgan fingerprint density at radius 1 is 1.53 bits per heavy atom. The first-order valence-electron chi connectivity index (χ1n) is 5.88. The summed E-state index contributed by atoms with van der Waals surface area (Å²) in [7, 11) is 0. The van der Waals surface area contributed by atoms with Gasteiger partial charge in [0.1, 0.15) is 11.5 Å². The van der Waals surface area contributed by atoms with E-state index in [4.69, 9.17) is 5.73 Å². The third-order valence-corrected chi connectivity index (χ3v) is 3.29. The van der Waals surface area contributed by atoms with Crippen LogP contribution in [0.2, 0.25) is 0 Å². The molecule has 2 heterocycles. The average molecular weight is 323 g/mol. The lowest BCUT2D eigenvalue weighted by Gasteiger charge is -2.12. The zero-order chi connectivity index (χ0) is 14.0. The molecule has 0 aliphatic heterocycles. The van der Waals surface area contributed by atoms with E-state index in [1.54, 1.807) is 24.5 Å². The summed E-state index contributed by atoms with van der Waals surface area (Å²) in [5.74, 6) is 0.257. The smallest absolute Gasteiger partial charge is 0.273 e. The van der Waals surface area contributed by atoms with Crippen molar-refractivity contribution >= 4 is 33.3 Å². The van der Waals surface area contributed by atoms with Gasteiger partial charge in [-0.15, -0.1) is 0 Å². The van der Waals surface area contributed by atoms with Crippen LogP contribution in [0.15, 0.2) is 35.1 Å². The first kappa shape index (κ1) is 13.6. The number of pyridine rings is 1. The molecule has 0 atom stereocenters. The maximum Gasteiger partial charge on any atom is 0.273 e. The standard InChI is InChI=1S/C13H15BrN4O/c1-8(2)18-7-9(15)6-11(18)13(19)17-12-10(14)4-3-5-16-12/h3-8H,15H2,1-2H3,(H,16,17,19). The summed E-state index contributed by atoms with van der Waals surface area (Å²) in [6.45, 7) is 3.99. The predicted octanol–water partition coefficient (Wildman–Crippen LogP) is 3.06. The number of anilines is 2. The first-order valence-corrected chi connectivity index (χ1v) is 6.67. The van der Waals surface area contributed by atoms with Crippen molar-refractivity contribution in [3.8, 4) is 0 Å². The van der Waals surface area contributed by atoms with Crippen LogP contribution in [-0.4, -0.2) is 15.5 Å². The molecule has 5 nitrogen and oxygen atoms in total. The normalized spacial score (nSPS) is 10.7. The van der Waals surface area contributed by atoms with E-state index < -0.39 is 0 Å². The third kappa shape index (κ3) is 2.96. The Kier molecular flexibility index (Phi) is 3.90. The second kappa shape index (κ2) is 5.44. The molecule has 0 saturated carbocycles. The van der Waals surface area contributed by atoms with E-state index in [9.17, 15) is 4.79 Å². The summed E-state index contributed by atoms with van der Waals surface area (Å²) in [5.41, 5.74) is 6.84. The molecule has 0 saturated heterocycles. The molecule has 0 unspecified atom stereocenters. The fraction of sp³-hybridized carbons (Fsp3) is 0.231. The van der Waals surface area contributed by atoms with Crippen LogP contribution < -0.4 is 11.1 Å². The average Bonchev–Trinajstić information content (AvgIpc) is 2.74. The molecule has 2 rings (SSSR count). The Balaban J connectivity index is 2.28. The molecule has 0 aliphatic rings. The van der Waals surface area contributed by atoms with Crippen molar-refractivity contribution in [1.82, 2.24) is 9.55 Å². The van der Waals surface area contributed by atoms with E-state index in [1.807, 2.05) is 24.5 Å². The summed E-state index contributed by atoms with van der Waals surface area (Å²) >= 11 is 3.34. The minimum absolute atomic E-state index is 0.158. The second-order valence-corrected chi connectivity index (χ2v) is 5.30. The molecule has 0 radical (unpaired) electrons. The van der Waals surface area contributed by atoms with Gasteiger partial charge in [-0.25, -0.2) is 4.98 Å². The Bertz CT molecular complexity index is 606. The highest BCUT2D eigenvalue weighted by Crippen LogP contribution is 2.21. The topological polar surface area (TPSA) is 72.9 Å².